The Morgan fingerprint density at radius 3 is 2.87 bits per heavy atom. The molecule has 1 aromatic rings. The third-order valence-corrected chi connectivity index (χ3v) is 3.10. The van der Waals surface area contributed by atoms with E-state index in [0.29, 0.717) is 12.5 Å². The standard InChI is InChI=1S/C12H17NO2/c1-3-15-12(14)10-8(2)7-13-11(10)9-5-4-6-9/h7,9,13H,3-6H2,1-2H3. The summed E-state index contributed by atoms with van der Waals surface area (Å²) in [6.07, 6.45) is 5.55. The maximum atomic E-state index is 11.7. The van der Waals surface area contributed by atoms with Gasteiger partial charge in [-0.15, -0.1) is 0 Å². The molecule has 3 heteroatoms. The third kappa shape index (κ3) is 1.78. The number of aromatic amines is 1. The van der Waals surface area contributed by atoms with Crippen molar-refractivity contribution in [1.29, 1.82) is 0 Å². The summed E-state index contributed by atoms with van der Waals surface area (Å²) in [6, 6.07) is 0. The van der Waals surface area contributed by atoms with E-state index in [1.807, 2.05) is 20.0 Å². The number of hydrogen-bond donors (Lipinski definition) is 1. The Hall–Kier alpha value is -1.25. The van der Waals surface area contributed by atoms with Crippen LogP contribution < -0.4 is 0 Å². The minimum absolute atomic E-state index is 0.182. The fraction of sp³-hybridized carbons (Fsp3) is 0.583. The molecule has 0 aromatic carbocycles. The van der Waals surface area contributed by atoms with Gasteiger partial charge >= 0.3 is 5.97 Å². The van der Waals surface area contributed by atoms with Crippen molar-refractivity contribution in [3.8, 4) is 0 Å². The van der Waals surface area contributed by atoms with Crippen LogP contribution in [-0.2, 0) is 4.74 Å². The van der Waals surface area contributed by atoms with Gasteiger partial charge in [0.25, 0.3) is 0 Å². The lowest BCUT2D eigenvalue weighted by molar-refractivity contribution is 0.0523. The minimum Gasteiger partial charge on any atom is -0.462 e. The Morgan fingerprint density at radius 1 is 1.60 bits per heavy atom. The zero-order valence-corrected chi connectivity index (χ0v) is 9.30. The number of hydrogen-bond acceptors (Lipinski definition) is 2. The average Bonchev–Trinajstić information content (AvgIpc) is 2.45. The number of carbonyl (C=O) groups is 1. The second-order valence-electron chi connectivity index (χ2n) is 4.11. The SMILES string of the molecule is CCOC(=O)c1c(C)c[nH]c1C1CCC1. The highest BCUT2D eigenvalue weighted by atomic mass is 16.5. The van der Waals surface area contributed by atoms with Crippen molar-refractivity contribution >= 4 is 5.97 Å². The van der Waals surface area contributed by atoms with Crippen LogP contribution in [0.3, 0.4) is 0 Å². The summed E-state index contributed by atoms with van der Waals surface area (Å²) in [7, 11) is 0. The lowest BCUT2D eigenvalue weighted by Crippen LogP contribution is -2.15. The van der Waals surface area contributed by atoms with Crippen molar-refractivity contribution in [2.45, 2.75) is 39.0 Å². The molecule has 1 fully saturated rings. The molecule has 3 nitrogen and oxygen atoms in total. The maximum absolute atomic E-state index is 11.7. The van der Waals surface area contributed by atoms with Gasteiger partial charge in [0.15, 0.2) is 0 Å². The first kappa shape index (κ1) is 10.3. The summed E-state index contributed by atoms with van der Waals surface area (Å²) in [5.41, 5.74) is 2.84. The lowest BCUT2D eigenvalue weighted by atomic mass is 9.81. The van der Waals surface area contributed by atoms with Gasteiger partial charge in [-0.05, 0) is 38.2 Å². The van der Waals surface area contributed by atoms with Crippen LogP contribution in [-0.4, -0.2) is 17.6 Å². The quantitative estimate of drug-likeness (QED) is 0.774. The summed E-state index contributed by atoms with van der Waals surface area (Å²) < 4.78 is 5.07. The number of ether oxygens (including phenoxy) is 1. The highest BCUT2D eigenvalue weighted by molar-refractivity contribution is 5.92. The van der Waals surface area contributed by atoms with Crippen LogP contribution >= 0.6 is 0 Å². The highest BCUT2D eigenvalue weighted by Gasteiger charge is 2.27. The Bertz CT molecular complexity index is 364. The molecule has 0 amide bonds. The first-order valence-corrected chi connectivity index (χ1v) is 5.59. The number of aromatic nitrogens is 1. The van der Waals surface area contributed by atoms with E-state index in [1.54, 1.807) is 0 Å². The van der Waals surface area contributed by atoms with Crippen molar-refractivity contribution < 1.29 is 9.53 Å². The van der Waals surface area contributed by atoms with Gasteiger partial charge in [0.2, 0.25) is 0 Å². The van der Waals surface area contributed by atoms with Gasteiger partial charge in [0.1, 0.15) is 0 Å². The van der Waals surface area contributed by atoms with E-state index in [9.17, 15) is 4.79 Å². The van der Waals surface area contributed by atoms with Gasteiger partial charge in [0.05, 0.1) is 12.2 Å². The third-order valence-electron chi connectivity index (χ3n) is 3.10. The smallest absolute Gasteiger partial charge is 0.340 e. The number of carbonyl (C=O) groups excluding carboxylic acids is 1. The summed E-state index contributed by atoms with van der Waals surface area (Å²) in [6.45, 7) is 4.22. The van der Waals surface area contributed by atoms with Crippen LogP contribution in [0.2, 0.25) is 0 Å². The van der Waals surface area contributed by atoms with Crippen molar-refractivity contribution in [3.05, 3.63) is 23.0 Å². The normalized spacial score (nSPS) is 16.1. The molecule has 1 aromatic heterocycles. The van der Waals surface area contributed by atoms with Gasteiger partial charge in [0, 0.05) is 11.9 Å². The van der Waals surface area contributed by atoms with Crippen LogP contribution in [0.5, 0.6) is 0 Å². The van der Waals surface area contributed by atoms with Gasteiger partial charge in [-0.3, -0.25) is 0 Å². The van der Waals surface area contributed by atoms with E-state index in [2.05, 4.69) is 4.98 Å². The molecule has 0 spiro atoms. The van der Waals surface area contributed by atoms with E-state index in [0.717, 1.165) is 16.8 Å². The Balaban J connectivity index is 2.26. The molecule has 0 bridgehead atoms. The molecule has 82 valence electrons. The number of aryl methyl sites for hydroxylation is 1. The average molecular weight is 207 g/mol. The second kappa shape index (κ2) is 4.09. The molecule has 1 saturated carbocycles. The summed E-state index contributed by atoms with van der Waals surface area (Å²) in [5, 5.41) is 0. The Kier molecular flexibility index (Phi) is 2.80. The molecule has 0 atom stereocenters. The van der Waals surface area contributed by atoms with Crippen LogP contribution in [0, 0.1) is 6.92 Å². The second-order valence-corrected chi connectivity index (χ2v) is 4.11. The summed E-state index contributed by atoms with van der Waals surface area (Å²) >= 11 is 0. The molecule has 15 heavy (non-hydrogen) atoms. The predicted molar refractivity (Wildman–Crippen MR) is 58.1 cm³/mol. The fourth-order valence-corrected chi connectivity index (χ4v) is 2.04. The number of rotatable bonds is 3. The van der Waals surface area contributed by atoms with Gasteiger partial charge < -0.3 is 9.72 Å². The van der Waals surface area contributed by atoms with Crippen LogP contribution in [0.15, 0.2) is 6.20 Å². The molecule has 1 heterocycles. The molecule has 1 aliphatic rings. The maximum Gasteiger partial charge on any atom is 0.340 e. The summed E-state index contributed by atoms with van der Waals surface area (Å²) in [4.78, 5) is 15.0. The molecule has 0 aliphatic heterocycles. The van der Waals surface area contributed by atoms with E-state index in [4.69, 9.17) is 4.74 Å². The van der Waals surface area contributed by atoms with Crippen molar-refractivity contribution in [1.82, 2.24) is 4.98 Å². The zero-order valence-electron chi connectivity index (χ0n) is 9.30. The monoisotopic (exact) mass is 207 g/mol. The molecule has 1 aliphatic carbocycles. The van der Waals surface area contributed by atoms with Crippen molar-refractivity contribution in [2.75, 3.05) is 6.61 Å². The van der Waals surface area contributed by atoms with Gasteiger partial charge in [-0.1, -0.05) is 6.42 Å². The number of nitrogens with one attached hydrogen (secondary N) is 1. The van der Waals surface area contributed by atoms with Crippen molar-refractivity contribution in [3.63, 3.8) is 0 Å². The molecule has 0 saturated heterocycles. The van der Waals surface area contributed by atoms with E-state index in [-0.39, 0.29) is 5.97 Å². The predicted octanol–water partition coefficient (Wildman–Crippen LogP) is 2.77. The molecular weight excluding hydrogens is 190 g/mol. The fourth-order valence-electron chi connectivity index (χ4n) is 2.04. The molecule has 0 unspecified atom stereocenters. The highest BCUT2D eigenvalue weighted by Crippen LogP contribution is 2.38. The lowest BCUT2D eigenvalue weighted by Gasteiger charge is -2.25. The van der Waals surface area contributed by atoms with Crippen LogP contribution in [0.1, 0.15) is 53.7 Å². The number of esters is 1. The molecule has 0 radical (unpaired) electrons. The Labute approximate surface area is 89.8 Å². The van der Waals surface area contributed by atoms with Crippen LogP contribution in [0.25, 0.3) is 0 Å². The van der Waals surface area contributed by atoms with E-state index >= 15 is 0 Å². The number of H-pyrrole nitrogens is 1. The van der Waals surface area contributed by atoms with Gasteiger partial charge in [-0.2, -0.15) is 0 Å². The molecule has 2 rings (SSSR count). The molecular formula is C12H17NO2. The van der Waals surface area contributed by atoms with Crippen LogP contribution in [0.4, 0.5) is 0 Å². The van der Waals surface area contributed by atoms with E-state index < -0.39 is 0 Å². The largest absolute Gasteiger partial charge is 0.462 e. The topological polar surface area (TPSA) is 42.1 Å². The summed E-state index contributed by atoms with van der Waals surface area (Å²) in [5.74, 6) is 0.358. The van der Waals surface area contributed by atoms with Gasteiger partial charge in [-0.25, -0.2) is 4.79 Å². The van der Waals surface area contributed by atoms with E-state index in [1.165, 1.54) is 19.3 Å². The first-order chi connectivity index (χ1) is 7.24. The Morgan fingerprint density at radius 2 is 2.33 bits per heavy atom. The van der Waals surface area contributed by atoms with Crippen molar-refractivity contribution in [2.24, 2.45) is 0 Å². The molecule has 1 N–H and O–H groups in total. The first-order valence-electron chi connectivity index (χ1n) is 5.59. The zero-order chi connectivity index (χ0) is 10.8. The minimum atomic E-state index is -0.182.